The van der Waals surface area contributed by atoms with E-state index in [1.54, 1.807) is 18.4 Å². The summed E-state index contributed by atoms with van der Waals surface area (Å²) >= 11 is 0. The van der Waals surface area contributed by atoms with Crippen molar-refractivity contribution in [2.24, 2.45) is 0 Å². The summed E-state index contributed by atoms with van der Waals surface area (Å²) in [5, 5.41) is 3.58. The highest BCUT2D eigenvalue weighted by molar-refractivity contribution is 5.95. The molecule has 1 amide bonds. The molecule has 0 saturated carbocycles. The number of carbonyl (C=O) groups excluding carboxylic acids is 1. The average Bonchev–Trinajstić information content (AvgIpc) is 2.82. The molecule has 0 aliphatic rings. The van der Waals surface area contributed by atoms with Crippen LogP contribution in [-0.4, -0.2) is 5.91 Å². The van der Waals surface area contributed by atoms with E-state index in [1.165, 1.54) is 12.1 Å². The van der Waals surface area contributed by atoms with Crippen LogP contribution in [0.25, 0.3) is 11.0 Å². The zero-order chi connectivity index (χ0) is 13.9. The van der Waals surface area contributed by atoms with Gasteiger partial charge in [-0.15, -0.1) is 0 Å². The molecule has 3 rings (SSSR count). The molecule has 0 radical (unpaired) electrons. The van der Waals surface area contributed by atoms with Gasteiger partial charge in [-0.2, -0.15) is 0 Å². The Bertz CT molecular complexity index is 764. The van der Waals surface area contributed by atoms with Crippen molar-refractivity contribution >= 4 is 22.6 Å². The highest BCUT2D eigenvalue weighted by Gasteiger charge is 2.10. The molecule has 0 saturated heterocycles. The Kier molecular flexibility index (Phi) is 3.21. The van der Waals surface area contributed by atoms with Crippen LogP contribution in [0.3, 0.4) is 0 Å². The fraction of sp³-hybridized carbons (Fsp3) is 0.0625. The molecule has 4 heteroatoms. The molecule has 3 aromatic rings. The molecule has 0 unspecified atom stereocenters. The summed E-state index contributed by atoms with van der Waals surface area (Å²) in [7, 11) is 0. The van der Waals surface area contributed by atoms with Crippen molar-refractivity contribution in [1.29, 1.82) is 0 Å². The van der Waals surface area contributed by atoms with E-state index in [4.69, 9.17) is 4.42 Å². The molecule has 3 nitrogen and oxygen atoms in total. The van der Waals surface area contributed by atoms with E-state index < -0.39 is 0 Å². The van der Waals surface area contributed by atoms with Crippen LogP contribution in [0.1, 0.15) is 5.56 Å². The number of halogens is 1. The summed E-state index contributed by atoms with van der Waals surface area (Å²) in [6.07, 6.45) is 1.77. The number of para-hydroxylation sites is 1. The first-order chi connectivity index (χ1) is 9.72. The third-order valence-electron chi connectivity index (χ3n) is 3.02. The van der Waals surface area contributed by atoms with Crippen molar-refractivity contribution in [3.05, 3.63) is 66.2 Å². The van der Waals surface area contributed by atoms with Gasteiger partial charge in [0.15, 0.2) is 0 Å². The second-order valence-corrected chi connectivity index (χ2v) is 4.49. The van der Waals surface area contributed by atoms with E-state index in [-0.39, 0.29) is 18.1 Å². The van der Waals surface area contributed by atoms with Gasteiger partial charge in [0.1, 0.15) is 11.4 Å². The number of hydrogen-bond acceptors (Lipinski definition) is 2. The van der Waals surface area contributed by atoms with Gasteiger partial charge in [0, 0.05) is 16.6 Å². The van der Waals surface area contributed by atoms with Gasteiger partial charge in [0.25, 0.3) is 0 Å². The summed E-state index contributed by atoms with van der Waals surface area (Å²) in [4.78, 5) is 12.0. The lowest BCUT2D eigenvalue weighted by molar-refractivity contribution is -0.115. The molecular formula is C16H12FNO2. The van der Waals surface area contributed by atoms with E-state index in [0.717, 1.165) is 16.5 Å². The SMILES string of the molecule is O=C(Cc1coc2ccccc12)Nc1cccc(F)c1. The van der Waals surface area contributed by atoms with Crippen molar-refractivity contribution < 1.29 is 13.6 Å². The van der Waals surface area contributed by atoms with Gasteiger partial charge in [-0.25, -0.2) is 4.39 Å². The maximum Gasteiger partial charge on any atom is 0.228 e. The van der Waals surface area contributed by atoms with Crippen molar-refractivity contribution in [1.82, 2.24) is 0 Å². The van der Waals surface area contributed by atoms with Crippen LogP contribution in [-0.2, 0) is 11.2 Å². The van der Waals surface area contributed by atoms with Gasteiger partial charge in [0.2, 0.25) is 5.91 Å². The van der Waals surface area contributed by atoms with Gasteiger partial charge in [-0.05, 0) is 24.3 Å². The molecule has 100 valence electrons. The molecule has 1 heterocycles. The van der Waals surface area contributed by atoms with Crippen LogP contribution in [0.4, 0.5) is 10.1 Å². The zero-order valence-electron chi connectivity index (χ0n) is 10.6. The van der Waals surface area contributed by atoms with Crippen LogP contribution < -0.4 is 5.32 Å². The number of nitrogens with one attached hydrogen (secondary N) is 1. The fourth-order valence-corrected chi connectivity index (χ4v) is 2.11. The number of furan rings is 1. The predicted octanol–water partition coefficient (Wildman–Crippen LogP) is 3.75. The van der Waals surface area contributed by atoms with Crippen molar-refractivity contribution in [3.8, 4) is 0 Å². The quantitative estimate of drug-likeness (QED) is 0.786. The van der Waals surface area contributed by atoms with Crippen LogP contribution >= 0.6 is 0 Å². The van der Waals surface area contributed by atoms with E-state index in [0.29, 0.717) is 5.69 Å². The number of hydrogen-bond donors (Lipinski definition) is 1. The van der Waals surface area contributed by atoms with Gasteiger partial charge in [-0.1, -0.05) is 24.3 Å². The average molecular weight is 269 g/mol. The number of carbonyl (C=O) groups is 1. The Morgan fingerprint density at radius 2 is 2.00 bits per heavy atom. The van der Waals surface area contributed by atoms with Gasteiger partial charge in [-0.3, -0.25) is 4.79 Å². The number of rotatable bonds is 3. The molecular weight excluding hydrogens is 257 g/mol. The Balaban J connectivity index is 1.76. The Hall–Kier alpha value is -2.62. The summed E-state index contributed by atoms with van der Waals surface area (Å²) in [5.74, 6) is -0.585. The second-order valence-electron chi connectivity index (χ2n) is 4.49. The first kappa shape index (κ1) is 12.4. The van der Waals surface area contributed by atoms with Crippen LogP contribution in [0.5, 0.6) is 0 Å². The summed E-state index contributed by atoms with van der Waals surface area (Å²) in [6, 6.07) is 13.3. The highest BCUT2D eigenvalue weighted by atomic mass is 19.1. The third kappa shape index (κ3) is 2.54. The molecule has 0 fully saturated rings. The molecule has 2 aromatic carbocycles. The van der Waals surface area contributed by atoms with Crippen molar-refractivity contribution in [3.63, 3.8) is 0 Å². The third-order valence-corrected chi connectivity index (χ3v) is 3.02. The predicted molar refractivity (Wildman–Crippen MR) is 74.9 cm³/mol. The van der Waals surface area contributed by atoms with E-state index in [1.807, 2.05) is 24.3 Å². The maximum atomic E-state index is 13.0. The normalized spacial score (nSPS) is 10.7. The fourth-order valence-electron chi connectivity index (χ4n) is 2.11. The maximum absolute atomic E-state index is 13.0. The lowest BCUT2D eigenvalue weighted by atomic mass is 10.1. The van der Waals surface area contributed by atoms with Gasteiger partial charge >= 0.3 is 0 Å². The smallest absolute Gasteiger partial charge is 0.228 e. The molecule has 0 atom stereocenters. The topological polar surface area (TPSA) is 42.2 Å². The van der Waals surface area contributed by atoms with E-state index in [9.17, 15) is 9.18 Å². The molecule has 0 bridgehead atoms. The largest absolute Gasteiger partial charge is 0.464 e. The standard InChI is InChI=1S/C16H12FNO2/c17-12-4-3-5-13(9-12)18-16(19)8-11-10-20-15-7-2-1-6-14(11)15/h1-7,9-10H,8H2,(H,18,19). The minimum atomic E-state index is -0.378. The first-order valence-corrected chi connectivity index (χ1v) is 6.23. The molecule has 20 heavy (non-hydrogen) atoms. The zero-order valence-corrected chi connectivity index (χ0v) is 10.6. The summed E-state index contributed by atoms with van der Waals surface area (Å²) < 4.78 is 18.4. The number of benzene rings is 2. The molecule has 0 spiro atoms. The molecule has 1 N–H and O–H groups in total. The number of anilines is 1. The van der Waals surface area contributed by atoms with Crippen LogP contribution in [0.2, 0.25) is 0 Å². The van der Waals surface area contributed by atoms with Crippen LogP contribution in [0, 0.1) is 5.82 Å². The Labute approximate surface area is 115 Å². The number of amides is 1. The molecule has 0 aliphatic heterocycles. The van der Waals surface area contributed by atoms with Crippen molar-refractivity contribution in [2.75, 3.05) is 5.32 Å². The van der Waals surface area contributed by atoms with Crippen molar-refractivity contribution in [2.45, 2.75) is 6.42 Å². The summed E-state index contributed by atoms with van der Waals surface area (Å²) in [6.45, 7) is 0. The minimum Gasteiger partial charge on any atom is -0.464 e. The number of fused-ring (bicyclic) bond motifs is 1. The van der Waals surface area contributed by atoms with Gasteiger partial charge < -0.3 is 9.73 Å². The lowest BCUT2D eigenvalue weighted by Gasteiger charge is -2.04. The lowest BCUT2D eigenvalue weighted by Crippen LogP contribution is -2.14. The van der Waals surface area contributed by atoms with Crippen LogP contribution in [0.15, 0.2) is 59.2 Å². The second kappa shape index (κ2) is 5.17. The first-order valence-electron chi connectivity index (χ1n) is 6.23. The molecule has 0 aliphatic carbocycles. The summed E-state index contributed by atoms with van der Waals surface area (Å²) in [5.41, 5.74) is 2.01. The van der Waals surface area contributed by atoms with E-state index >= 15 is 0 Å². The molecule has 1 aromatic heterocycles. The highest BCUT2D eigenvalue weighted by Crippen LogP contribution is 2.21. The monoisotopic (exact) mass is 269 g/mol. The van der Waals surface area contributed by atoms with Gasteiger partial charge in [0.05, 0.1) is 12.7 Å². The minimum absolute atomic E-state index is 0.188. The van der Waals surface area contributed by atoms with E-state index in [2.05, 4.69) is 5.32 Å². The Morgan fingerprint density at radius 3 is 2.85 bits per heavy atom. The Morgan fingerprint density at radius 1 is 1.15 bits per heavy atom.